The van der Waals surface area contributed by atoms with Gasteiger partial charge in [0.25, 0.3) is 0 Å². The van der Waals surface area contributed by atoms with Gasteiger partial charge in [-0.3, -0.25) is 14.4 Å². The van der Waals surface area contributed by atoms with Gasteiger partial charge in [-0.25, -0.2) is 0 Å². The molecule has 7 atom stereocenters. The highest BCUT2D eigenvalue weighted by Gasteiger charge is 2.74. The van der Waals surface area contributed by atoms with Crippen LogP contribution in [0.15, 0.2) is 36.4 Å². The number of likely N-dealkylation sites (tertiary alicyclic amines) is 1. The van der Waals surface area contributed by atoms with Gasteiger partial charge < -0.3 is 20.3 Å². The normalized spacial score (nSPS) is 36.9. The number of amides is 3. The topological polar surface area (TPSA) is 87.7 Å². The Morgan fingerprint density at radius 2 is 1.78 bits per heavy atom. The monoisotopic (exact) mass is 491 g/mol. The summed E-state index contributed by atoms with van der Waals surface area (Å²) < 4.78 is 6.44. The van der Waals surface area contributed by atoms with Crippen LogP contribution in [0, 0.1) is 17.8 Å². The zero-order chi connectivity index (χ0) is 25.2. The number of nitrogens with one attached hydrogen (secondary N) is 2. The number of carbonyl (C=O) groups is 3. The number of rotatable bonds is 6. The van der Waals surface area contributed by atoms with Crippen LogP contribution in [0.25, 0.3) is 0 Å². The van der Waals surface area contributed by atoms with Crippen molar-refractivity contribution >= 4 is 23.4 Å². The van der Waals surface area contributed by atoms with E-state index in [4.69, 9.17) is 4.74 Å². The van der Waals surface area contributed by atoms with Gasteiger partial charge in [-0.15, -0.1) is 0 Å². The second-order valence-electron chi connectivity index (χ2n) is 11.8. The molecule has 2 saturated carbocycles. The molecular formula is C29H37N3O4. The molecule has 2 aliphatic carbocycles. The molecule has 0 aromatic heterocycles. The Labute approximate surface area is 213 Å². The number of hydrogen-bond acceptors (Lipinski definition) is 4. The SMILES string of the molecule is CC(C)c1ccc(NC(=O)[C@@H]2[C@@H]3C=C[C@]4(O3)[C@@H]2C(=O)N(C2CC2)[C@H]4C(=O)N[C@@H]2CCCC[C@H]2C)cc1. The number of benzene rings is 1. The van der Waals surface area contributed by atoms with Gasteiger partial charge >= 0.3 is 0 Å². The van der Waals surface area contributed by atoms with Crippen molar-refractivity contribution in [1.29, 1.82) is 0 Å². The summed E-state index contributed by atoms with van der Waals surface area (Å²) in [5, 5.41) is 6.30. The molecule has 1 aromatic carbocycles. The fourth-order valence-corrected chi connectivity index (χ4v) is 6.92. The predicted octanol–water partition coefficient (Wildman–Crippen LogP) is 3.76. The van der Waals surface area contributed by atoms with E-state index >= 15 is 0 Å². The molecule has 2 saturated heterocycles. The minimum atomic E-state index is -1.07. The molecule has 2 N–H and O–H groups in total. The van der Waals surface area contributed by atoms with Gasteiger partial charge in [0.1, 0.15) is 11.6 Å². The third-order valence-electron chi connectivity index (χ3n) is 9.09. The van der Waals surface area contributed by atoms with Gasteiger partial charge in [-0.05, 0) is 55.2 Å². The first kappa shape index (κ1) is 23.7. The van der Waals surface area contributed by atoms with Crippen molar-refractivity contribution in [2.24, 2.45) is 17.8 Å². The van der Waals surface area contributed by atoms with Crippen molar-refractivity contribution in [2.45, 2.75) is 95.0 Å². The van der Waals surface area contributed by atoms with Gasteiger partial charge in [0.2, 0.25) is 17.7 Å². The molecule has 0 unspecified atom stereocenters. The molecule has 3 heterocycles. The second kappa shape index (κ2) is 8.72. The third kappa shape index (κ3) is 3.69. The standard InChI is InChI=1S/C29H37N3O4/c1-16(2)18-8-10-19(11-9-18)30-26(33)23-22-14-15-29(36-22)24(23)28(35)32(20-12-13-20)25(29)27(34)31-21-7-5-4-6-17(21)3/h8-11,14-17,20-25H,4-7,12-13H2,1-3H3,(H,30,33)(H,31,34)/t17-,21-,22+,23-,24+,25+,29+/m1/s1. The molecule has 1 spiro atoms. The Hall–Kier alpha value is -2.67. The van der Waals surface area contributed by atoms with Gasteiger partial charge in [-0.1, -0.05) is 57.9 Å². The Morgan fingerprint density at radius 1 is 1.06 bits per heavy atom. The largest absolute Gasteiger partial charge is 0.359 e. The van der Waals surface area contributed by atoms with E-state index in [0.717, 1.165) is 32.1 Å². The van der Waals surface area contributed by atoms with Gasteiger partial charge in [0, 0.05) is 17.8 Å². The summed E-state index contributed by atoms with van der Waals surface area (Å²) in [5.41, 5.74) is 0.830. The van der Waals surface area contributed by atoms with Crippen molar-refractivity contribution in [3.8, 4) is 0 Å². The van der Waals surface area contributed by atoms with Crippen molar-refractivity contribution in [1.82, 2.24) is 10.2 Å². The molecule has 1 aromatic rings. The molecule has 3 aliphatic heterocycles. The average molecular weight is 492 g/mol. The number of carbonyl (C=O) groups excluding carboxylic acids is 3. The lowest BCUT2D eigenvalue weighted by Gasteiger charge is -2.36. The lowest BCUT2D eigenvalue weighted by Crippen LogP contribution is -2.57. The quantitative estimate of drug-likeness (QED) is 0.594. The maximum Gasteiger partial charge on any atom is 0.246 e. The summed E-state index contributed by atoms with van der Waals surface area (Å²) in [7, 11) is 0. The van der Waals surface area contributed by atoms with Crippen LogP contribution in [0.4, 0.5) is 5.69 Å². The Morgan fingerprint density at radius 3 is 2.44 bits per heavy atom. The van der Waals surface area contributed by atoms with Crippen LogP contribution in [0.1, 0.15) is 70.8 Å². The van der Waals surface area contributed by atoms with Crippen LogP contribution in [0.3, 0.4) is 0 Å². The number of hydrogen-bond donors (Lipinski definition) is 2. The van der Waals surface area contributed by atoms with Gasteiger partial charge in [0.05, 0.1) is 17.9 Å². The minimum Gasteiger partial charge on any atom is -0.359 e. The zero-order valence-corrected chi connectivity index (χ0v) is 21.4. The number of anilines is 1. The first-order valence-electron chi connectivity index (χ1n) is 13.7. The zero-order valence-electron chi connectivity index (χ0n) is 21.4. The summed E-state index contributed by atoms with van der Waals surface area (Å²) in [6, 6.07) is 7.29. The summed E-state index contributed by atoms with van der Waals surface area (Å²) in [5.74, 6) is -0.979. The summed E-state index contributed by atoms with van der Waals surface area (Å²) >= 11 is 0. The molecule has 6 rings (SSSR count). The van der Waals surface area contributed by atoms with Crippen LogP contribution >= 0.6 is 0 Å². The van der Waals surface area contributed by atoms with E-state index in [1.54, 1.807) is 4.90 Å². The van der Waals surface area contributed by atoms with E-state index in [0.29, 0.717) is 17.5 Å². The first-order chi connectivity index (χ1) is 17.3. The maximum absolute atomic E-state index is 13.9. The van der Waals surface area contributed by atoms with E-state index in [2.05, 4.69) is 31.4 Å². The minimum absolute atomic E-state index is 0.0559. The van der Waals surface area contributed by atoms with Crippen LogP contribution in [-0.2, 0) is 19.1 Å². The fraction of sp³-hybridized carbons (Fsp3) is 0.621. The van der Waals surface area contributed by atoms with Crippen molar-refractivity contribution in [3.05, 3.63) is 42.0 Å². The molecule has 7 heteroatoms. The van der Waals surface area contributed by atoms with E-state index in [1.807, 2.05) is 36.4 Å². The van der Waals surface area contributed by atoms with E-state index in [9.17, 15) is 14.4 Å². The molecule has 4 fully saturated rings. The number of ether oxygens (including phenoxy) is 1. The van der Waals surface area contributed by atoms with Crippen LogP contribution < -0.4 is 10.6 Å². The summed E-state index contributed by atoms with van der Waals surface area (Å²) in [6.07, 6.45) is 9.45. The van der Waals surface area contributed by atoms with E-state index in [1.165, 1.54) is 12.0 Å². The highest BCUT2D eigenvalue weighted by molar-refractivity contribution is 6.03. The number of fused-ring (bicyclic) bond motifs is 1. The first-order valence-corrected chi connectivity index (χ1v) is 13.7. The van der Waals surface area contributed by atoms with Gasteiger partial charge in [0.15, 0.2) is 0 Å². The van der Waals surface area contributed by atoms with Crippen molar-refractivity contribution in [3.63, 3.8) is 0 Å². The molecular weight excluding hydrogens is 454 g/mol. The summed E-state index contributed by atoms with van der Waals surface area (Å²) in [4.78, 5) is 43.0. The van der Waals surface area contributed by atoms with E-state index in [-0.39, 0.29) is 29.8 Å². The van der Waals surface area contributed by atoms with Crippen LogP contribution in [-0.4, -0.2) is 52.5 Å². The molecule has 7 nitrogen and oxygen atoms in total. The Balaban J connectivity index is 1.26. The summed E-state index contributed by atoms with van der Waals surface area (Å²) in [6.45, 7) is 6.45. The second-order valence-corrected chi connectivity index (χ2v) is 11.8. The lowest BCUT2D eigenvalue weighted by molar-refractivity contribution is -0.142. The lowest BCUT2D eigenvalue weighted by atomic mass is 9.74. The Bertz CT molecular complexity index is 1090. The van der Waals surface area contributed by atoms with Crippen molar-refractivity contribution < 1.29 is 19.1 Å². The molecule has 5 aliphatic rings. The molecule has 192 valence electrons. The Kier molecular flexibility index (Phi) is 5.74. The highest BCUT2D eigenvalue weighted by Crippen LogP contribution is 2.57. The number of nitrogens with zero attached hydrogens (tertiary/aromatic N) is 1. The smallest absolute Gasteiger partial charge is 0.246 e. The molecule has 36 heavy (non-hydrogen) atoms. The van der Waals surface area contributed by atoms with Crippen molar-refractivity contribution in [2.75, 3.05) is 5.32 Å². The molecule has 0 radical (unpaired) electrons. The van der Waals surface area contributed by atoms with E-state index < -0.39 is 29.6 Å². The molecule has 2 bridgehead atoms. The third-order valence-corrected chi connectivity index (χ3v) is 9.09. The predicted molar refractivity (Wildman–Crippen MR) is 136 cm³/mol. The van der Waals surface area contributed by atoms with Crippen LogP contribution in [0.2, 0.25) is 0 Å². The van der Waals surface area contributed by atoms with Crippen LogP contribution in [0.5, 0.6) is 0 Å². The fourth-order valence-electron chi connectivity index (χ4n) is 6.92. The highest BCUT2D eigenvalue weighted by atomic mass is 16.5. The maximum atomic E-state index is 13.9. The molecule has 3 amide bonds. The average Bonchev–Trinajstić information content (AvgIpc) is 3.45. The van der Waals surface area contributed by atoms with Gasteiger partial charge in [-0.2, -0.15) is 0 Å².